The van der Waals surface area contributed by atoms with Crippen LogP contribution >= 0.6 is 0 Å². The topological polar surface area (TPSA) is 82.8 Å². The maximum absolute atomic E-state index is 13.0. The van der Waals surface area contributed by atoms with Crippen LogP contribution in [0.2, 0.25) is 0 Å². The number of nitrogens with two attached hydrogens (primary N) is 1. The Labute approximate surface area is 124 Å². The number of benzene rings is 1. The Bertz CT molecular complexity index is 672. The van der Waals surface area contributed by atoms with Crippen molar-refractivity contribution in [2.45, 2.75) is 36.7 Å². The number of methoxy groups -OCH3 is 1. The number of anilines is 1. The molecule has 2 bridgehead atoms. The Morgan fingerprint density at radius 3 is 2.45 bits per heavy atom. The summed E-state index contributed by atoms with van der Waals surface area (Å²) in [6.07, 6.45) is -1.47. The Balaban J connectivity index is 1.53. The van der Waals surface area contributed by atoms with E-state index in [4.69, 9.17) is 10.5 Å². The summed E-state index contributed by atoms with van der Waals surface area (Å²) in [5.41, 5.74) is 5.55. The molecule has 4 aliphatic rings. The lowest BCUT2D eigenvalue weighted by Crippen LogP contribution is -2.79. The van der Waals surface area contributed by atoms with Crippen LogP contribution in [0.4, 0.5) is 14.5 Å². The number of halogens is 2. The zero-order chi connectivity index (χ0) is 15.8. The fraction of sp³-hybridized carbons (Fsp3) is 0.500. The van der Waals surface area contributed by atoms with E-state index in [0.29, 0.717) is 0 Å². The highest BCUT2D eigenvalue weighted by molar-refractivity contribution is 6.00. The number of fused-ring (bicyclic) bond motifs is 1. The molecule has 118 valence electrons. The molecular weight excluding hydrogens is 298 g/mol. The molecule has 1 aromatic rings. The van der Waals surface area contributed by atoms with Crippen molar-refractivity contribution < 1.29 is 27.8 Å². The summed E-state index contributed by atoms with van der Waals surface area (Å²) in [6, 6.07) is 2.35. The molecule has 3 fully saturated rings. The highest BCUT2D eigenvalue weighted by Gasteiger charge is 2.69. The van der Waals surface area contributed by atoms with Crippen molar-refractivity contribution in [3.63, 3.8) is 0 Å². The minimum absolute atomic E-state index is 0.0607. The third-order valence-electron chi connectivity index (χ3n) is 4.61. The zero-order valence-corrected chi connectivity index (χ0v) is 11.7. The number of nitrogen functional groups attached to an aromatic ring is 1. The second kappa shape index (κ2) is 3.81. The Hall–Kier alpha value is -2.09. The van der Waals surface area contributed by atoms with Crippen LogP contribution in [0.1, 0.15) is 29.6 Å². The summed E-state index contributed by atoms with van der Waals surface area (Å²) < 4.78 is 40.0. The smallest absolute Gasteiger partial charge is 0.398 e. The standard InChI is InChI=1S/C14H14F2N2O4/c1-20-13-4-12(5-13,6-13)18-11(19)7-2-9-10(3-8(7)17)22-14(15,16)21-9/h2-3H,4-6,17H2,1H3,(H,18,19). The van der Waals surface area contributed by atoms with E-state index in [1.54, 1.807) is 7.11 Å². The largest absolute Gasteiger partial charge is 0.586 e. The molecule has 1 aliphatic heterocycles. The predicted octanol–water partition coefficient (Wildman–Crippen LogP) is 1.64. The van der Waals surface area contributed by atoms with Crippen LogP contribution in [0.3, 0.4) is 0 Å². The third-order valence-corrected chi connectivity index (χ3v) is 4.61. The zero-order valence-electron chi connectivity index (χ0n) is 11.7. The van der Waals surface area contributed by atoms with Gasteiger partial charge in [0.1, 0.15) is 0 Å². The Morgan fingerprint density at radius 1 is 1.27 bits per heavy atom. The molecule has 6 nitrogen and oxygen atoms in total. The lowest BCUT2D eigenvalue weighted by Gasteiger charge is -2.69. The third kappa shape index (κ3) is 1.76. The van der Waals surface area contributed by atoms with Gasteiger partial charge in [-0.1, -0.05) is 0 Å². The van der Waals surface area contributed by atoms with E-state index in [0.717, 1.165) is 19.3 Å². The molecule has 3 N–H and O–H groups in total. The monoisotopic (exact) mass is 312 g/mol. The molecule has 0 saturated heterocycles. The summed E-state index contributed by atoms with van der Waals surface area (Å²) >= 11 is 0. The van der Waals surface area contributed by atoms with Crippen LogP contribution in [0, 0.1) is 0 Å². The lowest BCUT2D eigenvalue weighted by molar-refractivity contribution is -0.286. The first-order valence-electron chi connectivity index (χ1n) is 6.83. The Kier molecular flexibility index (Phi) is 2.35. The lowest BCUT2D eigenvalue weighted by atomic mass is 9.46. The van der Waals surface area contributed by atoms with Crippen LogP contribution in [0.25, 0.3) is 0 Å². The fourth-order valence-electron chi connectivity index (χ4n) is 3.56. The molecule has 0 unspecified atom stereocenters. The highest BCUT2D eigenvalue weighted by atomic mass is 19.3. The molecule has 0 spiro atoms. The van der Waals surface area contributed by atoms with E-state index >= 15 is 0 Å². The van der Waals surface area contributed by atoms with E-state index in [1.807, 2.05) is 0 Å². The van der Waals surface area contributed by atoms with Crippen molar-refractivity contribution in [3.05, 3.63) is 17.7 Å². The van der Waals surface area contributed by atoms with Gasteiger partial charge in [-0.3, -0.25) is 4.79 Å². The van der Waals surface area contributed by atoms with Crippen LogP contribution in [-0.2, 0) is 4.74 Å². The molecule has 3 aliphatic carbocycles. The molecule has 0 aromatic heterocycles. The molecule has 1 aromatic carbocycles. The predicted molar refractivity (Wildman–Crippen MR) is 70.8 cm³/mol. The molecule has 1 amide bonds. The van der Waals surface area contributed by atoms with Gasteiger partial charge < -0.3 is 25.3 Å². The minimum atomic E-state index is -3.73. The van der Waals surface area contributed by atoms with Crippen molar-refractivity contribution in [2.24, 2.45) is 0 Å². The van der Waals surface area contributed by atoms with Crippen molar-refractivity contribution in [2.75, 3.05) is 12.8 Å². The first-order valence-corrected chi connectivity index (χ1v) is 6.83. The quantitative estimate of drug-likeness (QED) is 0.829. The number of nitrogens with one attached hydrogen (secondary N) is 1. The first kappa shape index (κ1) is 13.6. The number of alkyl halides is 2. The summed E-state index contributed by atoms with van der Waals surface area (Å²) in [5.74, 6) is -0.790. The normalized spacial score (nSPS) is 32.9. The van der Waals surface area contributed by atoms with Crippen LogP contribution in [-0.4, -0.2) is 30.5 Å². The van der Waals surface area contributed by atoms with Gasteiger partial charge in [-0.05, 0) is 25.3 Å². The fourth-order valence-corrected chi connectivity index (χ4v) is 3.56. The van der Waals surface area contributed by atoms with E-state index in [9.17, 15) is 13.6 Å². The van der Waals surface area contributed by atoms with Crippen LogP contribution < -0.4 is 20.5 Å². The molecule has 1 heterocycles. The number of hydrogen-bond acceptors (Lipinski definition) is 5. The average molecular weight is 312 g/mol. The molecule has 8 heteroatoms. The molecular formula is C14H14F2N2O4. The average Bonchev–Trinajstić information content (AvgIpc) is 2.63. The van der Waals surface area contributed by atoms with Crippen molar-refractivity contribution in [1.29, 1.82) is 0 Å². The molecule has 22 heavy (non-hydrogen) atoms. The van der Waals surface area contributed by atoms with E-state index in [1.165, 1.54) is 12.1 Å². The van der Waals surface area contributed by atoms with Gasteiger partial charge in [0.15, 0.2) is 11.5 Å². The number of rotatable bonds is 3. The van der Waals surface area contributed by atoms with Gasteiger partial charge in [-0.25, -0.2) is 0 Å². The molecule has 5 rings (SSSR count). The number of ether oxygens (including phenoxy) is 3. The Morgan fingerprint density at radius 2 is 1.86 bits per heavy atom. The molecule has 0 atom stereocenters. The van der Waals surface area contributed by atoms with Gasteiger partial charge in [0.05, 0.1) is 11.2 Å². The molecule has 0 radical (unpaired) electrons. The van der Waals surface area contributed by atoms with Crippen molar-refractivity contribution in [3.8, 4) is 11.5 Å². The van der Waals surface area contributed by atoms with Gasteiger partial charge in [0.25, 0.3) is 5.91 Å². The van der Waals surface area contributed by atoms with Crippen molar-refractivity contribution >= 4 is 11.6 Å². The van der Waals surface area contributed by atoms with Gasteiger partial charge >= 0.3 is 6.29 Å². The van der Waals surface area contributed by atoms with E-state index in [2.05, 4.69) is 14.8 Å². The number of amides is 1. The second-order valence-corrected chi connectivity index (χ2v) is 6.21. The maximum Gasteiger partial charge on any atom is 0.586 e. The molecule has 3 saturated carbocycles. The van der Waals surface area contributed by atoms with Gasteiger partial charge in [-0.2, -0.15) is 0 Å². The van der Waals surface area contributed by atoms with Crippen molar-refractivity contribution in [1.82, 2.24) is 5.32 Å². The summed E-state index contributed by atoms with van der Waals surface area (Å²) in [7, 11) is 1.65. The number of carbonyl (C=O) groups excluding carboxylic acids is 1. The second-order valence-electron chi connectivity index (χ2n) is 6.21. The number of hydrogen-bond donors (Lipinski definition) is 2. The van der Waals surface area contributed by atoms with E-state index in [-0.39, 0.29) is 33.9 Å². The van der Waals surface area contributed by atoms with Crippen LogP contribution in [0.5, 0.6) is 11.5 Å². The summed E-state index contributed by atoms with van der Waals surface area (Å²) in [4.78, 5) is 12.3. The van der Waals surface area contributed by atoms with Crippen LogP contribution in [0.15, 0.2) is 12.1 Å². The summed E-state index contributed by atoms with van der Waals surface area (Å²) in [6.45, 7) is 0. The van der Waals surface area contributed by atoms with Gasteiger partial charge in [0, 0.05) is 24.4 Å². The van der Waals surface area contributed by atoms with Gasteiger partial charge in [0.2, 0.25) is 0 Å². The van der Waals surface area contributed by atoms with E-state index < -0.39 is 12.2 Å². The van der Waals surface area contributed by atoms with Gasteiger partial charge in [-0.15, -0.1) is 8.78 Å². The highest BCUT2D eigenvalue weighted by Crippen LogP contribution is 2.62. The maximum atomic E-state index is 13.0. The number of carbonyl (C=O) groups is 1. The summed E-state index contributed by atoms with van der Waals surface area (Å²) in [5, 5.41) is 2.90. The first-order chi connectivity index (χ1) is 10.3. The SMILES string of the molecule is COC12CC(NC(=O)c3cc4c(cc3N)OC(F)(F)O4)(C1)C2. The minimum Gasteiger partial charge on any atom is -0.398 e.